The van der Waals surface area contributed by atoms with Crippen molar-refractivity contribution >= 4 is 28.1 Å². The number of hydrogen-bond donors (Lipinski definition) is 1. The van der Waals surface area contributed by atoms with E-state index in [1.54, 1.807) is 11.3 Å². The van der Waals surface area contributed by atoms with Crippen LogP contribution in [0.3, 0.4) is 0 Å². The summed E-state index contributed by atoms with van der Waals surface area (Å²) in [4.78, 5) is 18.8. The van der Waals surface area contributed by atoms with Crippen LogP contribution in [0.1, 0.15) is 6.92 Å². The number of benzene rings is 1. The van der Waals surface area contributed by atoms with Gasteiger partial charge in [0.25, 0.3) is 0 Å². The lowest BCUT2D eigenvalue weighted by Crippen LogP contribution is -2.48. The zero-order valence-corrected chi connectivity index (χ0v) is 17.3. The van der Waals surface area contributed by atoms with Crippen molar-refractivity contribution in [3.63, 3.8) is 0 Å². The summed E-state index contributed by atoms with van der Waals surface area (Å²) >= 11 is 1.71. The van der Waals surface area contributed by atoms with Crippen molar-refractivity contribution in [2.75, 3.05) is 45.8 Å². The first-order chi connectivity index (χ1) is 13.7. The SMILES string of the molecule is CCN1CCN(CCNC(=O)Cn2c(-c3cccs3)cc3ccccc32)CC1. The smallest absolute Gasteiger partial charge is 0.240 e. The van der Waals surface area contributed by atoms with Gasteiger partial charge in [0.1, 0.15) is 6.54 Å². The number of amides is 1. The summed E-state index contributed by atoms with van der Waals surface area (Å²) in [6.45, 7) is 9.76. The monoisotopic (exact) mass is 396 g/mol. The van der Waals surface area contributed by atoms with Crippen LogP contribution >= 0.6 is 11.3 Å². The van der Waals surface area contributed by atoms with Crippen LogP contribution in [0.15, 0.2) is 47.8 Å². The molecule has 5 nitrogen and oxygen atoms in total. The zero-order valence-electron chi connectivity index (χ0n) is 16.4. The number of rotatable bonds is 7. The van der Waals surface area contributed by atoms with Crippen LogP contribution in [0.2, 0.25) is 0 Å². The molecule has 0 atom stereocenters. The lowest BCUT2D eigenvalue weighted by atomic mass is 10.2. The Bertz CT molecular complexity index is 910. The summed E-state index contributed by atoms with van der Waals surface area (Å²) in [7, 11) is 0. The number of piperazine rings is 1. The third-order valence-electron chi connectivity index (χ3n) is 5.55. The summed E-state index contributed by atoms with van der Waals surface area (Å²) in [5.41, 5.74) is 2.22. The molecule has 1 N–H and O–H groups in total. The van der Waals surface area contributed by atoms with E-state index in [0.29, 0.717) is 13.1 Å². The van der Waals surface area contributed by atoms with Gasteiger partial charge in [-0.05, 0) is 30.1 Å². The minimum atomic E-state index is 0.0753. The molecule has 28 heavy (non-hydrogen) atoms. The van der Waals surface area contributed by atoms with Crippen molar-refractivity contribution in [2.24, 2.45) is 0 Å². The fourth-order valence-electron chi connectivity index (χ4n) is 3.89. The largest absolute Gasteiger partial charge is 0.353 e. The number of nitrogens with zero attached hydrogens (tertiary/aromatic N) is 3. The summed E-state index contributed by atoms with van der Waals surface area (Å²) < 4.78 is 2.14. The molecule has 1 fully saturated rings. The number of hydrogen-bond acceptors (Lipinski definition) is 4. The van der Waals surface area contributed by atoms with E-state index in [2.05, 4.69) is 62.3 Å². The first kappa shape index (κ1) is 19.2. The molecule has 1 aromatic carbocycles. The molecule has 0 saturated carbocycles. The van der Waals surface area contributed by atoms with Gasteiger partial charge in [-0.1, -0.05) is 31.2 Å². The molecule has 6 heteroatoms. The van der Waals surface area contributed by atoms with Gasteiger partial charge < -0.3 is 14.8 Å². The predicted molar refractivity (Wildman–Crippen MR) is 117 cm³/mol. The van der Waals surface area contributed by atoms with Crippen LogP contribution in [0.4, 0.5) is 0 Å². The standard InChI is InChI=1S/C22H28N4OS/c1-2-24-11-13-25(14-12-24)10-9-23-22(27)17-26-19-7-4-3-6-18(19)16-20(26)21-8-5-15-28-21/h3-8,15-16H,2,9-14,17H2,1H3,(H,23,27). The van der Waals surface area contributed by atoms with Gasteiger partial charge in [0, 0.05) is 50.2 Å². The molecule has 1 saturated heterocycles. The van der Waals surface area contributed by atoms with E-state index in [1.165, 1.54) is 10.3 Å². The molecule has 1 aliphatic heterocycles. The van der Waals surface area contributed by atoms with E-state index in [4.69, 9.17) is 0 Å². The number of fused-ring (bicyclic) bond motifs is 1. The minimum Gasteiger partial charge on any atom is -0.353 e. The molecule has 2 aromatic heterocycles. The van der Waals surface area contributed by atoms with E-state index < -0.39 is 0 Å². The van der Waals surface area contributed by atoms with Crippen LogP contribution in [-0.2, 0) is 11.3 Å². The molecule has 0 bridgehead atoms. The number of carbonyl (C=O) groups is 1. The Morgan fingerprint density at radius 3 is 2.61 bits per heavy atom. The van der Waals surface area contributed by atoms with Gasteiger partial charge in [-0.15, -0.1) is 11.3 Å². The summed E-state index contributed by atoms with van der Waals surface area (Å²) in [5.74, 6) is 0.0753. The molecule has 4 rings (SSSR count). The average Bonchev–Trinajstić information content (AvgIpc) is 3.37. The molecule has 3 heterocycles. The van der Waals surface area contributed by atoms with Gasteiger partial charge in [-0.2, -0.15) is 0 Å². The van der Waals surface area contributed by atoms with Crippen LogP contribution in [0, 0.1) is 0 Å². The Labute approximate surface area is 170 Å². The second-order valence-electron chi connectivity index (χ2n) is 7.28. The summed E-state index contributed by atoms with van der Waals surface area (Å²) in [6.07, 6.45) is 0. The molecule has 0 spiro atoms. The Morgan fingerprint density at radius 1 is 1.07 bits per heavy atom. The van der Waals surface area contributed by atoms with Crippen molar-refractivity contribution in [1.29, 1.82) is 0 Å². The Balaban J connectivity index is 1.38. The molecule has 0 unspecified atom stereocenters. The van der Waals surface area contributed by atoms with Gasteiger partial charge in [0.2, 0.25) is 5.91 Å². The second-order valence-corrected chi connectivity index (χ2v) is 8.23. The van der Waals surface area contributed by atoms with E-state index in [9.17, 15) is 4.79 Å². The Morgan fingerprint density at radius 2 is 1.86 bits per heavy atom. The van der Waals surface area contributed by atoms with Crippen LogP contribution in [-0.4, -0.2) is 66.1 Å². The van der Waals surface area contributed by atoms with Crippen molar-refractivity contribution in [3.8, 4) is 10.6 Å². The average molecular weight is 397 g/mol. The number of para-hydroxylation sites is 1. The Hall–Kier alpha value is -2.15. The van der Waals surface area contributed by atoms with Crippen LogP contribution < -0.4 is 5.32 Å². The van der Waals surface area contributed by atoms with E-state index in [0.717, 1.165) is 50.5 Å². The maximum Gasteiger partial charge on any atom is 0.240 e. The van der Waals surface area contributed by atoms with E-state index in [1.807, 2.05) is 12.1 Å². The molecule has 3 aromatic rings. The predicted octanol–water partition coefficient (Wildman–Crippen LogP) is 3.12. The highest BCUT2D eigenvalue weighted by atomic mass is 32.1. The van der Waals surface area contributed by atoms with E-state index >= 15 is 0 Å². The number of carbonyl (C=O) groups excluding carboxylic acids is 1. The van der Waals surface area contributed by atoms with Gasteiger partial charge in [-0.25, -0.2) is 0 Å². The normalized spacial score (nSPS) is 15.9. The maximum absolute atomic E-state index is 12.7. The second kappa shape index (κ2) is 8.90. The lowest BCUT2D eigenvalue weighted by molar-refractivity contribution is -0.121. The third kappa shape index (κ3) is 4.29. The first-order valence-corrected chi connectivity index (χ1v) is 11.0. The topological polar surface area (TPSA) is 40.5 Å². The number of thiophene rings is 1. The number of likely N-dealkylation sites (N-methyl/N-ethyl adjacent to an activating group) is 1. The highest BCUT2D eigenvalue weighted by Crippen LogP contribution is 2.31. The van der Waals surface area contributed by atoms with Gasteiger partial charge >= 0.3 is 0 Å². The molecule has 148 valence electrons. The zero-order chi connectivity index (χ0) is 19.3. The molecular weight excluding hydrogens is 368 g/mol. The fourth-order valence-corrected chi connectivity index (χ4v) is 4.64. The van der Waals surface area contributed by atoms with Crippen molar-refractivity contribution in [1.82, 2.24) is 19.7 Å². The summed E-state index contributed by atoms with van der Waals surface area (Å²) in [5, 5.41) is 6.37. The minimum absolute atomic E-state index is 0.0753. The Kier molecular flexibility index (Phi) is 6.10. The molecule has 1 aliphatic rings. The molecule has 1 amide bonds. The lowest BCUT2D eigenvalue weighted by Gasteiger charge is -2.33. The maximum atomic E-state index is 12.7. The van der Waals surface area contributed by atoms with Crippen LogP contribution in [0.5, 0.6) is 0 Å². The molecule has 0 aliphatic carbocycles. The molecule has 0 radical (unpaired) electrons. The van der Waals surface area contributed by atoms with Crippen molar-refractivity contribution in [3.05, 3.63) is 47.8 Å². The van der Waals surface area contributed by atoms with E-state index in [-0.39, 0.29) is 5.91 Å². The third-order valence-corrected chi connectivity index (χ3v) is 6.44. The highest BCUT2D eigenvalue weighted by molar-refractivity contribution is 7.13. The summed E-state index contributed by atoms with van der Waals surface area (Å²) in [6, 6.07) is 14.6. The van der Waals surface area contributed by atoms with Crippen molar-refractivity contribution < 1.29 is 4.79 Å². The quantitative estimate of drug-likeness (QED) is 0.667. The van der Waals surface area contributed by atoms with Gasteiger partial charge in [0.15, 0.2) is 0 Å². The molecular formula is C22H28N4OS. The number of aromatic nitrogens is 1. The fraction of sp³-hybridized carbons (Fsp3) is 0.409. The van der Waals surface area contributed by atoms with Gasteiger partial charge in [0.05, 0.1) is 10.6 Å². The van der Waals surface area contributed by atoms with Crippen LogP contribution in [0.25, 0.3) is 21.5 Å². The number of nitrogens with one attached hydrogen (secondary N) is 1. The highest BCUT2D eigenvalue weighted by Gasteiger charge is 2.16. The first-order valence-electron chi connectivity index (χ1n) is 10.1. The van der Waals surface area contributed by atoms with Crippen molar-refractivity contribution in [2.45, 2.75) is 13.5 Å². The van der Waals surface area contributed by atoms with Gasteiger partial charge in [-0.3, -0.25) is 9.69 Å².